The summed E-state index contributed by atoms with van der Waals surface area (Å²) in [7, 11) is -8.54. The Morgan fingerprint density at radius 2 is 0.780 bits per heavy atom. The van der Waals surface area contributed by atoms with Crippen LogP contribution in [0.15, 0.2) is 156 Å². The Balaban J connectivity index is 0.000000282. The zero-order chi connectivity index (χ0) is 43.2. The second-order valence-corrected chi connectivity index (χ2v) is 15.7. The molecule has 0 aliphatic rings. The Hall–Kier alpha value is -6.59. The zero-order valence-electron chi connectivity index (χ0n) is 32.7. The molecule has 0 saturated carbocycles. The first-order valence-electron chi connectivity index (χ1n) is 18.1. The van der Waals surface area contributed by atoms with Crippen LogP contribution >= 0.6 is 0 Å². The van der Waals surface area contributed by atoms with Crippen molar-refractivity contribution < 1.29 is 49.5 Å². The van der Waals surface area contributed by atoms with Crippen molar-refractivity contribution in [1.82, 2.24) is 0 Å². The summed E-state index contributed by atoms with van der Waals surface area (Å²) in [6, 6.07) is 32.1. The molecule has 16 heteroatoms. The van der Waals surface area contributed by atoms with Crippen LogP contribution in [0, 0.1) is 13.8 Å². The second kappa shape index (κ2) is 20.7. The van der Waals surface area contributed by atoms with Crippen molar-refractivity contribution in [2.75, 3.05) is 16.0 Å². The quantitative estimate of drug-likeness (QED) is 0.111. The van der Waals surface area contributed by atoms with Crippen molar-refractivity contribution in [1.29, 1.82) is 0 Å². The average Bonchev–Trinajstić information content (AvgIpc) is 3.21. The number of benzene rings is 4. The number of amides is 3. The van der Waals surface area contributed by atoms with Gasteiger partial charge in [0.15, 0.2) is 24.8 Å². The largest absolute Gasteiger partial charge is 0.744 e. The predicted molar refractivity (Wildman–Crippen MR) is 220 cm³/mol. The van der Waals surface area contributed by atoms with Crippen LogP contribution in [0.3, 0.4) is 0 Å². The van der Waals surface area contributed by atoms with Crippen molar-refractivity contribution >= 4 is 55.0 Å². The Labute approximate surface area is 343 Å². The molecule has 306 valence electrons. The van der Waals surface area contributed by atoms with Gasteiger partial charge >= 0.3 is 0 Å². The van der Waals surface area contributed by atoms with E-state index in [1.165, 1.54) is 24.3 Å². The third-order valence-corrected chi connectivity index (χ3v) is 10.1. The predicted octanol–water partition coefficient (Wildman–Crippen LogP) is 5.86. The number of pyridine rings is 2. The van der Waals surface area contributed by atoms with Gasteiger partial charge < -0.3 is 25.1 Å². The molecule has 0 fully saturated rings. The van der Waals surface area contributed by atoms with Crippen LogP contribution in [0.25, 0.3) is 0 Å². The molecule has 0 radical (unpaired) electrons. The molecule has 3 N–H and O–H groups in total. The van der Waals surface area contributed by atoms with E-state index in [2.05, 4.69) is 16.0 Å². The molecule has 0 atom stereocenters. The molecule has 2 aromatic heterocycles. The van der Waals surface area contributed by atoms with E-state index in [-0.39, 0.29) is 27.5 Å². The molecule has 0 unspecified atom stereocenters. The fraction of sp³-hybridized carbons (Fsp3) is 0.140. The van der Waals surface area contributed by atoms with E-state index in [1.54, 1.807) is 72.8 Å². The first kappa shape index (κ1) is 45.1. The Bertz CT molecular complexity index is 2530. The number of nitrogens with one attached hydrogen (secondary N) is 3. The van der Waals surface area contributed by atoms with Gasteiger partial charge in [-0.25, -0.2) is 26.0 Å². The first-order chi connectivity index (χ1) is 27.9. The van der Waals surface area contributed by atoms with Crippen LogP contribution in [0.5, 0.6) is 0 Å². The summed E-state index contributed by atoms with van der Waals surface area (Å²) in [5, 5.41) is 8.55. The number of rotatable bonds is 10. The maximum atomic E-state index is 12.7. The van der Waals surface area contributed by atoms with E-state index >= 15 is 0 Å². The molecule has 0 bridgehead atoms. The summed E-state index contributed by atoms with van der Waals surface area (Å²) in [6.07, 6.45) is 7.58. The Morgan fingerprint density at radius 1 is 0.475 bits per heavy atom. The second-order valence-electron chi connectivity index (χ2n) is 12.9. The highest BCUT2D eigenvalue weighted by Crippen LogP contribution is 2.15. The lowest BCUT2D eigenvalue weighted by molar-refractivity contribution is -0.693. The van der Waals surface area contributed by atoms with E-state index in [4.69, 9.17) is 0 Å². The number of hydrogen-bond acceptors (Lipinski definition) is 9. The highest BCUT2D eigenvalue weighted by molar-refractivity contribution is 7.86. The highest BCUT2D eigenvalue weighted by Gasteiger charge is 2.13. The molecular weight excluding hydrogens is 795 g/mol. The summed E-state index contributed by atoms with van der Waals surface area (Å²) in [5.41, 5.74) is 5.15. The molecule has 4 aromatic carbocycles. The van der Waals surface area contributed by atoms with E-state index in [9.17, 15) is 40.3 Å². The van der Waals surface area contributed by atoms with Gasteiger partial charge in [0.05, 0.1) is 9.79 Å². The number of aromatic nitrogens is 2. The summed E-state index contributed by atoms with van der Waals surface area (Å²) in [6.45, 7) is 9.30. The molecule has 3 amide bonds. The first-order valence-corrected chi connectivity index (χ1v) is 20.9. The molecular formula is C43H43N5O9S2. The van der Waals surface area contributed by atoms with Crippen molar-refractivity contribution in [3.05, 3.63) is 174 Å². The van der Waals surface area contributed by atoms with Gasteiger partial charge in [-0.05, 0) is 113 Å². The number of nitrogens with zero attached hydrogens (tertiary/aromatic N) is 2. The van der Waals surface area contributed by atoms with Crippen molar-refractivity contribution in [3.8, 4) is 0 Å². The van der Waals surface area contributed by atoms with Crippen LogP contribution in [0.4, 0.5) is 17.1 Å². The lowest BCUT2D eigenvalue weighted by atomic mass is 10.1. The van der Waals surface area contributed by atoms with Gasteiger partial charge in [-0.15, -0.1) is 0 Å². The molecule has 6 rings (SSSR count). The van der Waals surface area contributed by atoms with Gasteiger partial charge in [0.2, 0.25) is 0 Å². The van der Waals surface area contributed by atoms with E-state index < -0.39 is 20.2 Å². The molecule has 0 saturated heterocycles. The van der Waals surface area contributed by atoms with Gasteiger partial charge in [-0.1, -0.05) is 35.4 Å². The highest BCUT2D eigenvalue weighted by atomic mass is 32.2. The van der Waals surface area contributed by atoms with Gasteiger partial charge in [-0.3, -0.25) is 14.4 Å². The fourth-order valence-electron chi connectivity index (χ4n) is 5.08. The van der Waals surface area contributed by atoms with Crippen molar-refractivity contribution in [2.45, 2.75) is 50.6 Å². The standard InChI is InChI=1S/C29H27N5O3.2C7H8O3S/c1-3-33-17-5-7-25(19-33)31-28(36)22-11-9-21(10-12-22)27(35)30-24-15-13-23(14-16-24)29(37)32-26-8-6-18-34(4-2)20-26;2*1-6-2-4-7(5-3-6)11(8,9)10/h5-20H,3-4H2,1-2H3,(H-2,30,31,32,35,36,37);2*2-5H,1H3,(H,8,9,10). The van der Waals surface area contributed by atoms with Crippen LogP contribution in [0.2, 0.25) is 0 Å². The topological polar surface area (TPSA) is 209 Å². The van der Waals surface area contributed by atoms with Crippen LogP contribution in [0.1, 0.15) is 56.0 Å². The number of hydrogen-bond donors (Lipinski definition) is 3. The van der Waals surface area contributed by atoms with Gasteiger partial charge in [0.25, 0.3) is 17.7 Å². The minimum Gasteiger partial charge on any atom is -0.744 e. The number of carbonyl (C=O) groups excluding carboxylic acids is 3. The Kier molecular flexibility index (Phi) is 15.8. The summed E-state index contributed by atoms with van der Waals surface area (Å²) in [4.78, 5) is 37.5. The monoisotopic (exact) mass is 837 g/mol. The lowest BCUT2D eigenvalue weighted by Crippen LogP contribution is -2.31. The Morgan fingerprint density at radius 3 is 1.08 bits per heavy atom. The fourth-order valence-corrected chi connectivity index (χ4v) is 6.02. The number of aryl methyl sites for hydroxylation is 4. The average molecular weight is 838 g/mol. The van der Waals surface area contributed by atoms with E-state index in [0.717, 1.165) is 24.2 Å². The molecule has 59 heavy (non-hydrogen) atoms. The van der Waals surface area contributed by atoms with Crippen LogP contribution < -0.4 is 25.1 Å². The van der Waals surface area contributed by atoms with Gasteiger partial charge in [0.1, 0.15) is 44.7 Å². The maximum absolute atomic E-state index is 12.7. The van der Waals surface area contributed by atoms with E-state index in [0.29, 0.717) is 33.8 Å². The summed E-state index contributed by atoms with van der Waals surface area (Å²) in [5.74, 6) is -0.806. The smallest absolute Gasteiger partial charge is 0.255 e. The van der Waals surface area contributed by atoms with E-state index in [1.807, 2.05) is 85.9 Å². The third kappa shape index (κ3) is 14.4. The van der Waals surface area contributed by atoms with Crippen molar-refractivity contribution in [3.63, 3.8) is 0 Å². The van der Waals surface area contributed by atoms with Crippen LogP contribution in [-0.4, -0.2) is 43.7 Å². The van der Waals surface area contributed by atoms with Gasteiger partial charge in [-0.2, -0.15) is 0 Å². The van der Waals surface area contributed by atoms with Gasteiger partial charge in [0, 0.05) is 34.5 Å². The van der Waals surface area contributed by atoms with Crippen molar-refractivity contribution in [2.24, 2.45) is 0 Å². The molecule has 14 nitrogen and oxygen atoms in total. The minimum absolute atomic E-state index is 0.178. The SMILES string of the molecule is CC[n+]1cccc(NC(=O)c2ccc(NC(=O)c3ccc(C(=O)Nc4ccc[n+](CC)c4)cc3)cc2)c1.Cc1ccc(S(=O)(=O)[O-])cc1.Cc1ccc(S(=O)(=O)[O-])cc1. The molecule has 2 heterocycles. The zero-order valence-corrected chi connectivity index (χ0v) is 34.3. The number of carbonyl (C=O) groups is 3. The summed E-state index contributed by atoms with van der Waals surface area (Å²) >= 11 is 0. The lowest BCUT2D eigenvalue weighted by Gasteiger charge is -2.08. The summed E-state index contributed by atoms with van der Waals surface area (Å²) < 4.78 is 66.3. The molecule has 6 aromatic rings. The molecule has 0 aliphatic heterocycles. The third-order valence-electron chi connectivity index (χ3n) is 8.40. The molecule has 0 aliphatic carbocycles. The van der Waals surface area contributed by atoms with Crippen LogP contribution in [-0.2, 0) is 33.3 Å². The number of anilines is 3. The minimum atomic E-state index is -4.27. The molecule has 0 spiro atoms. The maximum Gasteiger partial charge on any atom is 0.255 e. The normalized spacial score (nSPS) is 10.8.